The second-order valence-electron chi connectivity index (χ2n) is 7.54. The van der Waals surface area contributed by atoms with Crippen LogP contribution in [0.15, 0.2) is 70.7 Å². The summed E-state index contributed by atoms with van der Waals surface area (Å²) in [5, 5.41) is 8.44. The first-order valence-electron chi connectivity index (χ1n) is 10.1. The zero-order chi connectivity index (χ0) is 21.5. The molecule has 3 N–H and O–H groups in total. The zero-order valence-corrected chi connectivity index (χ0v) is 17.8. The van der Waals surface area contributed by atoms with Crippen LogP contribution in [0.5, 0.6) is 0 Å². The lowest BCUT2D eigenvalue weighted by molar-refractivity contribution is 0.654. The van der Waals surface area contributed by atoms with Crippen LogP contribution in [0.1, 0.15) is 31.3 Å². The van der Waals surface area contributed by atoms with Gasteiger partial charge in [0.05, 0.1) is 22.8 Å². The number of benzene rings is 2. The summed E-state index contributed by atoms with van der Waals surface area (Å²) < 4.78 is 1.71. The van der Waals surface area contributed by atoms with Crippen LogP contribution in [0.4, 0.5) is 5.82 Å². The summed E-state index contributed by atoms with van der Waals surface area (Å²) in [5.41, 5.74) is 2.23. The van der Waals surface area contributed by atoms with Crippen molar-refractivity contribution in [2.75, 3.05) is 5.32 Å². The van der Waals surface area contributed by atoms with Gasteiger partial charge in [-0.2, -0.15) is 0 Å². The number of nitrogens with one attached hydrogen (secondary N) is 3. The first-order chi connectivity index (χ1) is 15.0. The number of fused-ring (bicyclic) bond motifs is 2. The average molecular weight is 433 g/mol. The highest BCUT2D eigenvalue weighted by molar-refractivity contribution is 6.35. The molecular formula is C23H21ClN6O. The van der Waals surface area contributed by atoms with Crippen molar-refractivity contribution in [1.29, 1.82) is 0 Å². The molecule has 5 rings (SSSR count). The lowest BCUT2D eigenvalue weighted by Gasteiger charge is -2.25. The number of rotatable bonds is 3. The number of halogens is 1. The molecule has 0 radical (unpaired) electrons. The Labute approximate surface area is 183 Å². The number of hydrogen-bond donors (Lipinski definition) is 3. The molecule has 3 heterocycles. The van der Waals surface area contributed by atoms with Crippen molar-refractivity contribution in [1.82, 2.24) is 19.9 Å². The Hall–Kier alpha value is -3.58. The van der Waals surface area contributed by atoms with E-state index in [0.29, 0.717) is 16.2 Å². The average Bonchev–Trinajstić information content (AvgIpc) is 3.22. The number of para-hydroxylation sites is 1. The molecule has 0 saturated heterocycles. The van der Waals surface area contributed by atoms with E-state index in [0.717, 1.165) is 28.3 Å². The predicted octanol–water partition coefficient (Wildman–Crippen LogP) is 4.24. The van der Waals surface area contributed by atoms with Crippen LogP contribution in [0, 0.1) is 0 Å². The van der Waals surface area contributed by atoms with Crippen molar-refractivity contribution in [2.45, 2.75) is 26.1 Å². The number of aliphatic imine (C=N–C) groups is 1. The van der Waals surface area contributed by atoms with Gasteiger partial charge in [0.1, 0.15) is 11.9 Å². The van der Waals surface area contributed by atoms with E-state index in [1.165, 1.54) is 0 Å². The minimum atomic E-state index is -0.225. The highest BCUT2D eigenvalue weighted by atomic mass is 35.5. The van der Waals surface area contributed by atoms with E-state index < -0.39 is 0 Å². The van der Waals surface area contributed by atoms with Gasteiger partial charge in [0.2, 0.25) is 0 Å². The molecule has 2 atom stereocenters. The minimum Gasteiger partial charge on any atom is -0.360 e. The maximum Gasteiger partial charge on any atom is 0.264 e. The molecule has 0 aliphatic carbocycles. The number of anilines is 1. The summed E-state index contributed by atoms with van der Waals surface area (Å²) in [6.45, 7) is 3.97. The number of imidazole rings is 1. The molecule has 7 nitrogen and oxygen atoms in total. The van der Waals surface area contributed by atoms with Crippen LogP contribution in [0.25, 0.3) is 16.5 Å². The zero-order valence-electron chi connectivity index (χ0n) is 17.1. The molecule has 2 aromatic carbocycles. The van der Waals surface area contributed by atoms with Crippen molar-refractivity contribution < 1.29 is 0 Å². The second-order valence-corrected chi connectivity index (χ2v) is 7.95. The van der Waals surface area contributed by atoms with E-state index in [-0.39, 0.29) is 17.8 Å². The fraction of sp³-hybridized carbons (Fsp3) is 0.174. The van der Waals surface area contributed by atoms with Gasteiger partial charge in [-0.1, -0.05) is 41.9 Å². The lowest BCUT2D eigenvalue weighted by atomic mass is 10.1. The maximum atomic E-state index is 13.6. The first kappa shape index (κ1) is 19.4. The van der Waals surface area contributed by atoms with E-state index >= 15 is 0 Å². The van der Waals surface area contributed by atoms with Gasteiger partial charge in [-0.25, -0.2) is 9.98 Å². The Morgan fingerprint density at radius 1 is 1.16 bits per heavy atom. The number of amidine groups is 1. The van der Waals surface area contributed by atoms with Gasteiger partial charge in [-0.05, 0) is 43.5 Å². The fourth-order valence-corrected chi connectivity index (χ4v) is 4.23. The molecule has 0 saturated carbocycles. The highest BCUT2D eigenvalue weighted by Gasteiger charge is 2.24. The molecule has 1 aliphatic heterocycles. The van der Waals surface area contributed by atoms with E-state index in [9.17, 15) is 4.79 Å². The number of aromatic nitrogens is 3. The quantitative estimate of drug-likeness (QED) is 0.452. The van der Waals surface area contributed by atoms with Crippen molar-refractivity contribution >= 4 is 34.0 Å². The molecule has 1 aliphatic rings. The summed E-state index contributed by atoms with van der Waals surface area (Å²) in [7, 11) is 0. The monoisotopic (exact) mass is 432 g/mol. The predicted molar refractivity (Wildman–Crippen MR) is 124 cm³/mol. The van der Waals surface area contributed by atoms with Crippen molar-refractivity contribution in [3.05, 3.63) is 87.7 Å². The first-order valence-corrected chi connectivity index (χ1v) is 10.4. The summed E-state index contributed by atoms with van der Waals surface area (Å²) in [4.78, 5) is 25.7. The van der Waals surface area contributed by atoms with Crippen LogP contribution in [-0.2, 0) is 0 Å². The molecule has 0 spiro atoms. The lowest BCUT2D eigenvalue weighted by Crippen LogP contribution is -2.36. The highest BCUT2D eigenvalue weighted by Crippen LogP contribution is 2.26. The smallest absolute Gasteiger partial charge is 0.264 e. The Kier molecular flexibility index (Phi) is 4.75. The van der Waals surface area contributed by atoms with Crippen molar-refractivity contribution in [3.63, 3.8) is 0 Å². The Balaban J connectivity index is 1.66. The molecule has 0 bridgehead atoms. The van der Waals surface area contributed by atoms with Gasteiger partial charge in [0.15, 0.2) is 11.7 Å². The summed E-state index contributed by atoms with van der Waals surface area (Å²) in [5.74, 6) is 1.45. The molecule has 8 heteroatoms. The third kappa shape index (κ3) is 3.37. The molecule has 31 heavy (non-hydrogen) atoms. The fourth-order valence-electron chi connectivity index (χ4n) is 3.96. The minimum absolute atomic E-state index is 0.114. The standard InChI is InChI=1S/C23H21ClN6O/c1-13(27-22-20-21(26-12-25-20)28-14(2)29-22)18-11-15-7-6-10-17(24)19(15)23(31)30(18)16-8-4-3-5-9-16/h3-14,28H,1-2H3,(H,25,26)(H,27,29)/t13-,14?/m0/s1. The maximum absolute atomic E-state index is 13.6. The van der Waals surface area contributed by atoms with Gasteiger partial charge < -0.3 is 15.6 Å². The third-order valence-electron chi connectivity index (χ3n) is 5.38. The van der Waals surface area contributed by atoms with Crippen LogP contribution < -0.4 is 16.2 Å². The van der Waals surface area contributed by atoms with E-state index in [1.807, 2.05) is 62.4 Å². The molecule has 0 fully saturated rings. The summed E-state index contributed by atoms with van der Waals surface area (Å²) >= 11 is 6.40. The summed E-state index contributed by atoms with van der Waals surface area (Å²) in [6, 6.07) is 16.9. The van der Waals surface area contributed by atoms with Crippen LogP contribution in [-0.4, -0.2) is 26.5 Å². The molecule has 4 aromatic rings. The van der Waals surface area contributed by atoms with Crippen molar-refractivity contribution in [3.8, 4) is 5.69 Å². The van der Waals surface area contributed by atoms with Gasteiger partial charge >= 0.3 is 0 Å². The number of pyridine rings is 1. The molecule has 156 valence electrons. The normalized spacial score (nSPS) is 16.4. The Bertz CT molecular complexity index is 1360. The van der Waals surface area contributed by atoms with Crippen LogP contribution in [0.3, 0.4) is 0 Å². The number of nitrogens with zero attached hydrogens (tertiary/aromatic N) is 3. The van der Waals surface area contributed by atoms with Crippen LogP contribution in [0.2, 0.25) is 5.02 Å². The van der Waals surface area contributed by atoms with Gasteiger partial charge in [0.25, 0.3) is 5.56 Å². The third-order valence-corrected chi connectivity index (χ3v) is 5.70. The molecular weight excluding hydrogens is 412 g/mol. The summed E-state index contributed by atoms with van der Waals surface area (Å²) in [6.07, 6.45) is 1.52. The number of hydrogen-bond acceptors (Lipinski definition) is 5. The topological polar surface area (TPSA) is 87.1 Å². The number of aromatic amines is 1. The molecule has 2 aromatic heterocycles. The molecule has 0 amide bonds. The van der Waals surface area contributed by atoms with Crippen LogP contribution >= 0.6 is 11.6 Å². The van der Waals surface area contributed by atoms with Gasteiger partial charge in [-0.3, -0.25) is 9.36 Å². The van der Waals surface area contributed by atoms with E-state index in [2.05, 4.69) is 25.6 Å². The van der Waals surface area contributed by atoms with E-state index in [1.54, 1.807) is 17.0 Å². The molecule has 1 unspecified atom stereocenters. The largest absolute Gasteiger partial charge is 0.360 e. The van der Waals surface area contributed by atoms with Crippen molar-refractivity contribution in [2.24, 2.45) is 4.99 Å². The van der Waals surface area contributed by atoms with E-state index in [4.69, 9.17) is 11.6 Å². The number of H-pyrrole nitrogens is 1. The Morgan fingerprint density at radius 2 is 1.97 bits per heavy atom. The SMILES string of the molecule is CC1N=C(N[C@@H](C)c2cc3cccc(Cl)c3c(=O)n2-c2ccccc2)c2[nH]cnc2N1. The van der Waals surface area contributed by atoms with Gasteiger partial charge in [-0.15, -0.1) is 0 Å². The Morgan fingerprint density at radius 3 is 2.77 bits per heavy atom. The van der Waals surface area contributed by atoms with Gasteiger partial charge in [0, 0.05) is 11.4 Å². The second kappa shape index (κ2) is 7.59.